The summed E-state index contributed by atoms with van der Waals surface area (Å²) in [6, 6.07) is 15.2. The van der Waals surface area contributed by atoms with E-state index in [4.69, 9.17) is 4.74 Å². The number of nitrogens with zero attached hydrogens (tertiary/aromatic N) is 2. The Hall–Kier alpha value is -2.82. The first-order valence-corrected chi connectivity index (χ1v) is 10.9. The van der Waals surface area contributed by atoms with Crippen LogP contribution >= 0.6 is 0 Å². The van der Waals surface area contributed by atoms with Gasteiger partial charge >= 0.3 is 6.09 Å². The summed E-state index contributed by atoms with van der Waals surface area (Å²) in [5, 5.41) is 0. The summed E-state index contributed by atoms with van der Waals surface area (Å²) >= 11 is 0. The smallest absolute Gasteiger partial charge is 0.410 e. The number of fused-ring (bicyclic) bond motifs is 1. The second-order valence-corrected chi connectivity index (χ2v) is 9.92. The van der Waals surface area contributed by atoms with Crippen molar-refractivity contribution in [3.8, 4) is 0 Å². The molecule has 1 heterocycles. The van der Waals surface area contributed by atoms with Crippen LogP contribution in [0.4, 0.5) is 16.2 Å². The molecule has 0 aromatic heterocycles. The van der Waals surface area contributed by atoms with Gasteiger partial charge in [0, 0.05) is 18.3 Å². The maximum atomic E-state index is 13.4. The van der Waals surface area contributed by atoms with Crippen molar-refractivity contribution >= 4 is 23.4 Å². The molecule has 2 amide bonds. The molecular weight excluding hydrogens is 388 g/mol. The number of benzene rings is 2. The highest BCUT2D eigenvalue weighted by atomic mass is 16.5. The summed E-state index contributed by atoms with van der Waals surface area (Å²) in [4.78, 5) is 28.6. The number of carbonyl (C=O) groups is 2. The molecule has 166 valence electrons. The number of para-hydroxylation sites is 1. The molecule has 0 radical (unpaired) electrons. The van der Waals surface area contributed by atoms with E-state index in [0.717, 1.165) is 23.4 Å². The van der Waals surface area contributed by atoms with Crippen LogP contribution in [0.3, 0.4) is 0 Å². The number of ether oxygens (including phenoxy) is 1. The van der Waals surface area contributed by atoms with E-state index in [1.165, 1.54) is 17.6 Å². The quantitative estimate of drug-likeness (QED) is 0.570. The third-order valence-corrected chi connectivity index (χ3v) is 5.99. The van der Waals surface area contributed by atoms with Gasteiger partial charge in [-0.3, -0.25) is 14.6 Å². The van der Waals surface area contributed by atoms with E-state index in [1.807, 2.05) is 36.4 Å². The number of amides is 2. The standard InChI is InChI=1S/C26H34N2O3/c1-17(2)21(16-26(3,4)5)18-12-14-19(15-13-18)28-22-11-9-8-10-20(22)23(24(28)29)27(6)25(30)31-7/h8-15,17,21,23H,16H2,1-7H3. The zero-order chi connectivity index (χ0) is 22.9. The van der Waals surface area contributed by atoms with Crippen molar-refractivity contribution < 1.29 is 14.3 Å². The topological polar surface area (TPSA) is 49.9 Å². The molecule has 1 aliphatic heterocycles. The normalized spacial score (nSPS) is 17.0. The van der Waals surface area contributed by atoms with Gasteiger partial charge in [-0.25, -0.2) is 4.79 Å². The molecule has 0 fully saturated rings. The second kappa shape index (κ2) is 8.74. The van der Waals surface area contributed by atoms with Gasteiger partial charge < -0.3 is 4.74 Å². The lowest BCUT2D eigenvalue weighted by atomic mass is 9.76. The molecule has 0 bridgehead atoms. The van der Waals surface area contributed by atoms with Crippen LogP contribution in [0.2, 0.25) is 0 Å². The van der Waals surface area contributed by atoms with Gasteiger partial charge in [0.25, 0.3) is 5.91 Å². The van der Waals surface area contributed by atoms with Gasteiger partial charge in [0.2, 0.25) is 0 Å². The Kier molecular flexibility index (Phi) is 6.44. The molecule has 2 aromatic rings. The number of hydrogen-bond donors (Lipinski definition) is 0. The first-order chi connectivity index (χ1) is 14.5. The molecule has 5 nitrogen and oxygen atoms in total. The molecular formula is C26H34N2O3. The third-order valence-electron chi connectivity index (χ3n) is 5.99. The Morgan fingerprint density at radius 2 is 1.71 bits per heavy atom. The lowest BCUT2D eigenvalue weighted by molar-refractivity contribution is -0.121. The zero-order valence-corrected chi connectivity index (χ0v) is 19.7. The van der Waals surface area contributed by atoms with Gasteiger partial charge in [-0.2, -0.15) is 0 Å². The molecule has 2 aromatic carbocycles. The summed E-state index contributed by atoms with van der Waals surface area (Å²) in [5.41, 5.74) is 3.94. The van der Waals surface area contributed by atoms with Crippen molar-refractivity contribution in [2.24, 2.45) is 11.3 Å². The molecule has 0 saturated heterocycles. The first-order valence-electron chi connectivity index (χ1n) is 10.9. The van der Waals surface area contributed by atoms with Crippen molar-refractivity contribution in [3.63, 3.8) is 0 Å². The van der Waals surface area contributed by atoms with Crippen molar-refractivity contribution in [3.05, 3.63) is 59.7 Å². The Labute approximate surface area is 186 Å². The number of likely N-dealkylation sites (N-methyl/N-ethyl adjacent to an activating group) is 1. The van der Waals surface area contributed by atoms with Gasteiger partial charge in [0.05, 0.1) is 12.8 Å². The molecule has 0 N–H and O–H groups in total. The Bertz CT molecular complexity index is 944. The minimum Gasteiger partial charge on any atom is -0.453 e. The van der Waals surface area contributed by atoms with E-state index >= 15 is 0 Å². The Balaban J connectivity index is 1.96. The maximum Gasteiger partial charge on any atom is 0.410 e. The fourth-order valence-electron chi connectivity index (χ4n) is 4.46. The zero-order valence-electron chi connectivity index (χ0n) is 19.7. The van der Waals surface area contributed by atoms with Gasteiger partial charge in [0.15, 0.2) is 0 Å². The average molecular weight is 423 g/mol. The van der Waals surface area contributed by atoms with Crippen LogP contribution in [0.1, 0.15) is 64.1 Å². The van der Waals surface area contributed by atoms with Crippen LogP contribution in [0.5, 0.6) is 0 Å². The van der Waals surface area contributed by atoms with Crippen LogP contribution in [0.25, 0.3) is 0 Å². The Morgan fingerprint density at radius 1 is 1.10 bits per heavy atom. The van der Waals surface area contributed by atoms with E-state index in [-0.39, 0.29) is 11.3 Å². The molecule has 0 spiro atoms. The third kappa shape index (κ3) is 4.60. The predicted octanol–water partition coefficient (Wildman–Crippen LogP) is 6.28. The van der Waals surface area contributed by atoms with Crippen LogP contribution in [0.15, 0.2) is 48.5 Å². The van der Waals surface area contributed by atoms with Crippen molar-refractivity contribution in [2.75, 3.05) is 19.1 Å². The van der Waals surface area contributed by atoms with Crippen molar-refractivity contribution in [1.82, 2.24) is 4.90 Å². The molecule has 5 heteroatoms. The molecule has 0 aliphatic carbocycles. The fraction of sp³-hybridized carbons (Fsp3) is 0.462. The second-order valence-electron chi connectivity index (χ2n) is 9.92. The summed E-state index contributed by atoms with van der Waals surface area (Å²) < 4.78 is 4.85. The van der Waals surface area contributed by atoms with Crippen LogP contribution in [-0.4, -0.2) is 31.1 Å². The lowest BCUT2D eigenvalue weighted by Gasteiger charge is -2.29. The Morgan fingerprint density at radius 3 is 2.26 bits per heavy atom. The molecule has 0 saturated carbocycles. The lowest BCUT2D eigenvalue weighted by Crippen LogP contribution is -2.37. The molecule has 3 rings (SSSR count). The number of hydrogen-bond acceptors (Lipinski definition) is 3. The van der Waals surface area contributed by atoms with E-state index in [1.54, 1.807) is 11.9 Å². The molecule has 2 unspecified atom stereocenters. The van der Waals surface area contributed by atoms with Crippen molar-refractivity contribution in [2.45, 2.75) is 53.0 Å². The summed E-state index contributed by atoms with van der Waals surface area (Å²) in [7, 11) is 2.92. The van der Waals surface area contributed by atoms with Crippen LogP contribution in [0, 0.1) is 11.3 Å². The molecule has 31 heavy (non-hydrogen) atoms. The number of anilines is 2. The molecule has 1 aliphatic rings. The van der Waals surface area contributed by atoms with E-state index < -0.39 is 12.1 Å². The van der Waals surface area contributed by atoms with E-state index in [9.17, 15) is 9.59 Å². The van der Waals surface area contributed by atoms with Gasteiger partial charge in [-0.05, 0) is 47.4 Å². The predicted molar refractivity (Wildman–Crippen MR) is 125 cm³/mol. The number of carbonyl (C=O) groups excluding carboxylic acids is 2. The first kappa shape index (κ1) is 22.9. The highest BCUT2D eigenvalue weighted by Gasteiger charge is 2.42. The largest absolute Gasteiger partial charge is 0.453 e. The fourth-order valence-corrected chi connectivity index (χ4v) is 4.46. The van der Waals surface area contributed by atoms with Gasteiger partial charge in [0.1, 0.15) is 6.04 Å². The maximum absolute atomic E-state index is 13.4. The van der Waals surface area contributed by atoms with Crippen molar-refractivity contribution in [1.29, 1.82) is 0 Å². The van der Waals surface area contributed by atoms with Crippen LogP contribution < -0.4 is 4.90 Å². The van der Waals surface area contributed by atoms with Crippen LogP contribution in [-0.2, 0) is 9.53 Å². The number of methoxy groups -OCH3 is 1. The molecule has 2 atom stereocenters. The minimum absolute atomic E-state index is 0.156. The SMILES string of the molecule is COC(=O)N(C)C1C(=O)N(c2ccc(C(CC(C)(C)C)C(C)C)cc2)c2ccccc21. The summed E-state index contributed by atoms with van der Waals surface area (Å²) in [5.74, 6) is 0.822. The van der Waals surface area contributed by atoms with Gasteiger partial charge in [-0.15, -0.1) is 0 Å². The van der Waals surface area contributed by atoms with E-state index in [0.29, 0.717) is 11.8 Å². The highest BCUT2D eigenvalue weighted by molar-refractivity contribution is 6.10. The average Bonchev–Trinajstić information content (AvgIpc) is 3.02. The highest BCUT2D eigenvalue weighted by Crippen LogP contribution is 2.44. The summed E-state index contributed by atoms with van der Waals surface area (Å²) in [6.07, 6.45) is 0.564. The minimum atomic E-state index is -0.701. The summed E-state index contributed by atoms with van der Waals surface area (Å²) in [6.45, 7) is 11.3. The number of rotatable bonds is 5. The van der Waals surface area contributed by atoms with Gasteiger partial charge in [-0.1, -0.05) is 65.0 Å². The van der Waals surface area contributed by atoms with E-state index in [2.05, 4.69) is 46.8 Å². The monoisotopic (exact) mass is 422 g/mol.